The molecule has 0 saturated carbocycles. The van der Waals surface area contributed by atoms with Crippen molar-refractivity contribution in [2.45, 2.75) is 19.4 Å². The molecule has 5 nitrogen and oxygen atoms in total. The van der Waals surface area contributed by atoms with Crippen LogP contribution in [0.3, 0.4) is 0 Å². The maximum absolute atomic E-state index is 12.6. The van der Waals surface area contributed by atoms with E-state index >= 15 is 0 Å². The molecule has 0 bridgehead atoms. The average Bonchev–Trinajstić information content (AvgIpc) is 2.46. The number of carbonyl (C=O) groups is 1. The van der Waals surface area contributed by atoms with Gasteiger partial charge in [-0.2, -0.15) is 0 Å². The Balaban J connectivity index is 2.17. The Morgan fingerprint density at radius 3 is 2.90 bits per heavy atom. The normalized spacial score (nSPS) is 20.0. The van der Waals surface area contributed by atoms with Crippen molar-refractivity contribution in [1.82, 2.24) is 14.8 Å². The second-order valence-corrected chi connectivity index (χ2v) is 5.49. The molecule has 1 aliphatic heterocycles. The molecule has 0 aromatic carbocycles. The van der Waals surface area contributed by atoms with Crippen LogP contribution in [0.4, 0.5) is 5.82 Å². The summed E-state index contributed by atoms with van der Waals surface area (Å²) in [7, 11) is 3.87. The van der Waals surface area contributed by atoms with Crippen LogP contribution in [0.15, 0.2) is 12.1 Å². The van der Waals surface area contributed by atoms with Crippen LogP contribution >= 0.6 is 11.6 Å². The molecular weight excluding hydrogens is 276 g/mol. The number of carbonyl (C=O) groups excluding carboxylic acids is 1. The van der Waals surface area contributed by atoms with E-state index in [1.54, 1.807) is 19.2 Å². The van der Waals surface area contributed by atoms with Crippen molar-refractivity contribution >= 4 is 23.3 Å². The number of piperazine rings is 1. The standard InChI is InChI=1S/C14H21ClN4O/c1-4-11-9-19(6-5-18(11)3)14(20)10-7-12(15)17-13(8-10)16-2/h7-8,11H,4-6,9H2,1-3H3,(H,16,17). The van der Waals surface area contributed by atoms with E-state index in [0.29, 0.717) is 22.6 Å². The molecule has 0 radical (unpaired) electrons. The SMILES string of the molecule is CCC1CN(C(=O)c2cc(Cl)nc(NC)c2)CCN1C. The van der Waals surface area contributed by atoms with Crippen molar-refractivity contribution in [3.05, 3.63) is 22.8 Å². The summed E-state index contributed by atoms with van der Waals surface area (Å²) in [6.07, 6.45) is 1.04. The lowest BCUT2D eigenvalue weighted by Crippen LogP contribution is -2.52. The highest BCUT2D eigenvalue weighted by Crippen LogP contribution is 2.18. The first-order valence-electron chi connectivity index (χ1n) is 6.90. The lowest BCUT2D eigenvalue weighted by molar-refractivity contribution is 0.0542. The van der Waals surface area contributed by atoms with Gasteiger partial charge in [-0.05, 0) is 25.6 Å². The van der Waals surface area contributed by atoms with E-state index in [2.05, 4.69) is 29.2 Å². The number of nitrogens with zero attached hydrogens (tertiary/aromatic N) is 3. The maximum atomic E-state index is 12.6. The largest absolute Gasteiger partial charge is 0.373 e. The van der Waals surface area contributed by atoms with E-state index in [4.69, 9.17) is 11.6 Å². The van der Waals surface area contributed by atoms with Crippen LogP contribution in [0.2, 0.25) is 5.15 Å². The van der Waals surface area contributed by atoms with Crippen molar-refractivity contribution in [2.24, 2.45) is 0 Å². The highest BCUT2D eigenvalue weighted by Gasteiger charge is 2.27. The van der Waals surface area contributed by atoms with Crippen molar-refractivity contribution < 1.29 is 4.79 Å². The van der Waals surface area contributed by atoms with E-state index in [1.165, 1.54) is 0 Å². The van der Waals surface area contributed by atoms with E-state index in [9.17, 15) is 4.79 Å². The maximum Gasteiger partial charge on any atom is 0.254 e. The quantitative estimate of drug-likeness (QED) is 0.866. The van der Waals surface area contributed by atoms with Crippen LogP contribution in [0.5, 0.6) is 0 Å². The average molecular weight is 297 g/mol. The fourth-order valence-corrected chi connectivity index (χ4v) is 2.71. The van der Waals surface area contributed by atoms with Crippen molar-refractivity contribution in [3.8, 4) is 0 Å². The predicted octanol–water partition coefficient (Wildman–Crippen LogP) is 1.94. The summed E-state index contributed by atoms with van der Waals surface area (Å²) in [4.78, 5) is 20.9. The monoisotopic (exact) mass is 296 g/mol. The molecule has 110 valence electrons. The van der Waals surface area contributed by atoms with Crippen molar-refractivity contribution in [2.75, 3.05) is 39.0 Å². The zero-order chi connectivity index (χ0) is 14.7. The number of hydrogen-bond acceptors (Lipinski definition) is 4. The van der Waals surface area contributed by atoms with Gasteiger partial charge in [0.1, 0.15) is 11.0 Å². The molecule has 1 aromatic heterocycles. The summed E-state index contributed by atoms with van der Waals surface area (Å²) in [6, 6.07) is 3.80. The highest BCUT2D eigenvalue weighted by atomic mass is 35.5. The minimum atomic E-state index is 0.0253. The third-order valence-electron chi connectivity index (χ3n) is 3.83. The number of likely N-dealkylation sites (N-methyl/N-ethyl adjacent to an activating group) is 1. The molecule has 2 rings (SSSR count). The molecule has 1 amide bonds. The van der Waals surface area contributed by atoms with Gasteiger partial charge in [0.2, 0.25) is 0 Å². The van der Waals surface area contributed by atoms with E-state index in [0.717, 1.165) is 26.1 Å². The summed E-state index contributed by atoms with van der Waals surface area (Å²) < 4.78 is 0. The number of nitrogens with one attached hydrogen (secondary N) is 1. The third-order valence-corrected chi connectivity index (χ3v) is 4.03. The van der Waals surface area contributed by atoms with Gasteiger partial charge in [-0.1, -0.05) is 18.5 Å². The van der Waals surface area contributed by atoms with Crippen molar-refractivity contribution in [3.63, 3.8) is 0 Å². The van der Waals surface area contributed by atoms with E-state index in [-0.39, 0.29) is 5.91 Å². The predicted molar refractivity (Wildman–Crippen MR) is 81.4 cm³/mol. The molecule has 1 aliphatic rings. The van der Waals surface area contributed by atoms with Crippen molar-refractivity contribution in [1.29, 1.82) is 0 Å². The first kappa shape index (κ1) is 15.1. The van der Waals surface area contributed by atoms with Gasteiger partial charge >= 0.3 is 0 Å². The summed E-state index contributed by atoms with van der Waals surface area (Å²) >= 11 is 5.96. The zero-order valence-electron chi connectivity index (χ0n) is 12.2. The Morgan fingerprint density at radius 1 is 1.50 bits per heavy atom. The van der Waals surface area contributed by atoms with Crippen LogP contribution in [-0.4, -0.2) is 60.5 Å². The Labute approximate surface area is 124 Å². The number of rotatable bonds is 3. The van der Waals surface area contributed by atoms with Gasteiger partial charge in [-0.3, -0.25) is 9.69 Å². The Hall–Kier alpha value is -1.33. The number of pyridine rings is 1. The second kappa shape index (κ2) is 6.41. The first-order chi connectivity index (χ1) is 9.55. The Morgan fingerprint density at radius 2 is 2.25 bits per heavy atom. The molecule has 1 saturated heterocycles. The first-order valence-corrected chi connectivity index (χ1v) is 7.27. The Kier molecular flexibility index (Phi) is 4.83. The topological polar surface area (TPSA) is 48.5 Å². The molecule has 1 fully saturated rings. The third kappa shape index (κ3) is 3.22. The summed E-state index contributed by atoms with van der Waals surface area (Å²) in [6.45, 7) is 4.57. The van der Waals surface area contributed by atoms with E-state index in [1.807, 2.05) is 4.90 Å². The van der Waals surface area contributed by atoms with Crippen LogP contribution in [0.25, 0.3) is 0 Å². The van der Waals surface area contributed by atoms with Gasteiger partial charge in [0, 0.05) is 38.3 Å². The van der Waals surface area contributed by atoms with Gasteiger partial charge in [-0.15, -0.1) is 0 Å². The molecule has 2 heterocycles. The highest BCUT2D eigenvalue weighted by molar-refractivity contribution is 6.29. The molecule has 0 spiro atoms. The smallest absolute Gasteiger partial charge is 0.254 e. The van der Waals surface area contributed by atoms with Crippen LogP contribution in [-0.2, 0) is 0 Å². The van der Waals surface area contributed by atoms with Gasteiger partial charge in [0.05, 0.1) is 0 Å². The van der Waals surface area contributed by atoms with Gasteiger partial charge in [0.15, 0.2) is 0 Å². The molecule has 0 aliphatic carbocycles. The number of anilines is 1. The molecule has 1 unspecified atom stereocenters. The van der Waals surface area contributed by atoms with E-state index < -0.39 is 0 Å². The van der Waals surface area contributed by atoms with Crippen LogP contribution in [0.1, 0.15) is 23.7 Å². The fraction of sp³-hybridized carbons (Fsp3) is 0.571. The molecule has 1 atom stereocenters. The van der Waals surface area contributed by atoms with Gasteiger partial charge in [0.25, 0.3) is 5.91 Å². The van der Waals surface area contributed by atoms with Gasteiger partial charge in [-0.25, -0.2) is 4.98 Å². The molecular formula is C14H21ClN4O. The summed E-state index contributed by atoms with van der Waals surface area (Å²) in [5, 5.41) is 3.25. The molecule has 6 heteroatoms. The second-order valence-electron chi connectivity index (χ2n) is 5.11. The molecule has 1 N–H and O–H groups in total. The minimum Gasteiger partial charge on any atom is -0.373 e. The van der Waals surface area contributed by atoms with Crippen LogP contribution in [0, 0.1) is 0 Å². The molecule has 20 heavy (non-hydrogen) atoms. The zero-order valence-corrected chi connectivity index (χ0v) is 12.9. The number of hydrogen-bond donors (Lipinski definition) is 1. The number of aromatic nitrogens is 1. The minimum absolute atomic E-state index is 0.0253. The Bertz CT molecular complexity index is 494. The summed E-state index contributed by atoms with van der Waals surface area (Å²) in [5.41, 5.74) is 0.591. The lowest BCUT2D eigenvalue weighted by atomic mass is 10.1. The number of halogens is 1. The van der Waals surface area contributed by atoms with Gasteiger partial charge < -0.3 is 10.2 Å². The van der Waals surface area contributed by atoms with Crippen LogP contribution < -0.4 is 5.32 Å². The number of amides is 1. The lowest BCUT2D eigenvalue weighted by Gasteiger charge is -2.39. The fourth-order valence-electron chi connectivity index (χ4n) is 2.50. The summed E-state index contributed by atoms with van der Waals surface area (Å²) in [5.74, 6) is 0.638. The molecule has 1 aromatic rings.